The van der Waals surface area contributed by atoms with Crippen LogP contribution in [0.25, 0.3) is 0 Å². The van der Waals surface area contributed by atoms with Crippen molar-refractivity contribution in [2.75, 3.05) is 18.6 Å². The van der Waals surface area contributed by atoms with Crippen LogP contribution >= 0.6 is 15.9 Å². The van der Waals surface area contributed by atoms with Gasteiger partial charge in [-0.1, -0.05) is 41.1 Å². The Morgan fingerprint density at radius 2 is 1.74 bits per heavy atom. The number of para-hydroxylation sites is 1. The van der Waals surface area contributed by atoms with Gasteiger partial charge in [0.25, 0.3) is 0 Å². The first-order chi connectivity index (χ1) is 11.2. The molecule has 2 rings (SSSR count). The number of benzene rings is 2. The molecule has 23 heavy (non-hydrogen) atoms. The van der Waals surface area contributed by atoms with Gasteiger partial charge in [0.05, 0.1) is 13.2 Å². The van der Waals surface area contributed by atoms with Crippen molar-refractivity contribution in [3.8, 4) is 11.5 Å². The minimum atomic E-state index is 0.610. The fraction of sp³-hybridized carbons (Fsp3) is 0.333. The van der Waals surface area contributed by atoms with Gasteiger partial charge in [0.2, 0.25) is 0 Å². The first-order valence-corrected chi connectivity index (χ1v) is 8.65. The third kappa shape index (κ3) is 5.44. The summed E-state index contributed by atoms with van der Waals surface area (Å²) < 4.78 is 12.5. The maximum Gasteiger partial charge on any atom is 0.162 e. The SMILES string of the molecule is CCCOc1cc(Br)c(CNNc2ccccc2)cc1OCC. The van der Waals surface area contributed by atoms with Crippen LogP contribution in [-0.4, -0.2) is 13.2 Å². The molecule has 0 heterocycles. The summed E-state index contributed by atoms with van der Waals surface area (Å²) in [6.45, 7) is 6.01. The summed E-state index contributed by atoms with van der Waals surface area (Å²) in [5.74, 6) is 1.56. The molecular formula is C18H23BrN2O2. The zero-order valence-corrected chi connectivity index (χ0v) is 15.2. The summed E-state index contributed by atoms with van der Waals surface area (Å²) in [5.41, 5.74) is 8.51. The summed E-state index contributed by atoms with van der Waals surface area (Å²) in [7, 11) is 0. The van der Waals surface area contributed by atoms with Gasteiger partial charge in [0.1, 0.15) is 0 Å². The Morgan fingerprint density at radius 1 is 1.00 bits per heavy atom. The van der Waals surface area contributed by atoms with E-state index in [2.05, 4.69) is 33.7 Å². The average molecular weight is 379 g/mol. The molecule has 2 aromatic carbocycles. The van der Waals surface area contributed by atoms with E-state index < -0.39 is 0 Å². The summed E-state index contributed by atoms with van der Waals surface area (Å²) in [4.78, 5) is 0. The van der Waals surface area contributed by atoms with Crippen molar-refractivity contribution < 1.29 is 9.47 Å². The van der Waals surface area contributed by atoms with Crippen molar-refractivity contribution in [1.82, 2.24) is 5.43 Å². The molecule has 2 aromatic rings. The second-order valence-electron chi connectivity index (χ2n) is 5.02. The van der Waals surface area contributed by atoms with Crippen molar-refractivity contribution in [2.45, 2.75) is 26.8 Å². The summed E-state index contributed by atoms with van der Waals surface area (Å²) >= 11 is 3.61. The van der Waals surface area contributed by atoms with Gasteiger partial charge in [-0.15, -0.1) is 0 Å². The van der Waals surface area contributed by atoms with Crippen LogP contribution in [0.4, 0.5) is 5.69 Å². The maximum absolute atomic E-state index is 5.76. The van der Waals surface area contributed by atoms with Crippen LogP contribution in [0, 0.1) is 0 Å². The molecule has 0 atom stereocenters. The van der Waals surface area contributed by atoms with E-state index >= 15 is 0 Å². The molecule has 5 heteroatoms. The van der Waals surface area contributed by atoms with Crippen molar-refractivity contribution in [2.24, 2.45) is 0 Å². The molecule has 0 saturated carbocycles. The summed E-state index contributed by atoms with van der Waals surface area (Å²) in [5, 5.41) is 0. The first kappa shape index (κ1) is 17.6. The third-order valence-electron chi connectivity index (χ3n) is 3.16. The molecule has 0 bridgehead atoms. The largest absolute Gasteiger partial charge is 0.490 e. The van der Waals surface area contributed by atoms with Crippen LogP contribution < -0.4 is 20.3 Å². The van der Waals surface area contributed by atoms with Crippen LogP contribution in [0.15, 0.2) is 46.9 Å². The zero-order chi connectivity index (χ0) is 16.5. The highest BCUT2D eigenvalue weighted by molar-refractivity contribution is 9.10. The summed E-state index contributed by atoms with van der Waals surface area (Å²) in [6.07, 6.45) is 0.966. The highest BCUT2D eigenvalue weighted by Gasteiger charge is 2.10. The Labute approximate surface area is 146 Å². The van der Waals surface area contributed by atoms with E-state index in [-0.39, 0.29) is 0 Å². The average Bonchev–Trinajstić information content (AvgIpc) is 2.57. The predicted molar refractivity (Wildman–Crippen MR) is 98.0 cm³/mol. The molecular weight excluding hydrogens is 356 g/mol. The van der Waals surface area contributed by atoms with Gasteiger partial charge in [-0.3, -0.25) is 0 Å². The lowest BCUT2D eigenvalue weighted by Gasteiger charge is -2.15. The Morgan fingerprint density at radius 3 is 2.43 bits per heavy atom. The molecule has 0 radical (unpaired) electrons. The Hall–Kier alpha value is -1.72. The lowest BCUT2D eigenvalue weighted by atomic mass is 10.2. The molecule has 0 saturated heterocycles. The molecule has 0 fully saturated rings. The number of ether oxygens (including phenoxy) is 2. The van der Waals surface area contributed by atoms with Gasteiger partial charge in [-0.2, -0.15) is 0 Å². The minimum Gasteiger partial charge on any atom is -0.490 e. The van der Waals surface area contributed by atoms with E-state index in [1.165, 1.54) is 0 Å². The van der Waals surface area contributed by atoms with Crippen LogP contribution in [0.2, 0.25) is 0 Å². The second kappa shape index (κ2) is 9.43. The normalized spacial score (nSPS) is 10.4. The topological polar surface area (TPSA) is 42.5 Å². The fourth-order valence-electron chi connectivity index (χ4n) is 2.07. The number of rotatable bonds is 9. The van der Waals surface area contributed by atoms with Crippen molar-refractivity contribution >= 4 is 21.6 Å². The predicted octanol–water partition coefficient (Wildman–Crippen LogP) is 4.75. The molecule has 0 aliphatic heterocycles. The van der Waals surface area contributed by atoms with E-state index in [0.29, 0.717) is 19.8 Å². The Bertz CT molecular complexity index is 605. The molecule has 124 valence electrons. The molecule has 0 aliphatic rings. The van der Waals surface area contributed by atoms with Crippen LogP contribution in [-0.2, 0) is 6.54 Å². The molecule has 4 nitrogen and oxygen atoms in total. The number of nitrogens with one attached hydrogen (secondary N) is 2. The van der Waals surface area contributed by atoms with E-state index in [0.717, 1.165) is 33.6 Å². The van der Waals surface area contributed by atoms with Gasteiger partial charge in [0.15, 0.2) is 11.5 Å². The zero-order valence-electron chi connectivity index (χ0n) is 13.6. The molecule has 2 N–H and O–H groups in total. The lowest BCUT2D eigenvalue weighted by Crippen LogP contribution is -2.21. The summed E-state index contributed by atoms with van der Waals surface area (Å²) in [6, 6.07) is 14.0. The van der Waals surface area contributed by atoms with Gasteiger partial charge in [0, 0.05) is 16.7 Å². The molecule has 0 spiro atoms. The highest BCUT2D eigenvalue weighted by Crippen LogP contribution is 2.34. The van der Waals surface area contributed by atoms with E-state index in [4.69, 9.17) is 9.47 Å². The minimum absolute atomic E-state index is 0.610. The molecule has 0 amide bonds. The smallest absolute Gasteiger partial charge is 0.162 e. The van der Waals surface area contributed by atoms with Crippen molar-refractivity contribution in [3.63, 3.8) is 0 Å². The molecule has 0 unspecified atom stereocenters. The Kier molecular flexibility index (Phi) is 7.23. The van der Waals surface area contributed by atoms with Crippen molar-refractivity contribution in [1.29, 1.82) is 0 Å². The molecule has 0 aromatic heterocycles. The van der Waals surface area contributed by atoms with Gasteiger partial charge < -0.3 is 14.9 Å². The van der Waals surface area contributed by atoms with Gasteiger partial charge >= 0.3 is 0 Å². The first-order valence-electron chi connectivity index (χ1n) is 7.86. The molecule has 0 aliphatic carbocycles. The maximum atomic E-state index is 5.76. The van der Waals surface area contributed by atoms with Gasteiger partial charge in [-0.25, -0.2) is 5.43 Å². The highest BCUT2D eigenvalue weighted by atomic mass is 79.9. The number of anilines is 1. The lowest BCUT2D eigenvalue weighted by molar-refractivity contribution is 0.276. The standard InChI is InChI=1S/C18H23BrN2O2/c1-3-10-23-18-12-16(19)14(11-17(18)22-4-2)13-20-21-15-8-6-5-7-9-15/h5-9,11-12,20-21H,3-4,10,13H2,1-2H3. The quantitative estimate of drug-likeness (QED) is 0.617. The van der Waals surface area contributed by atoms with Crippen molar-refractivity contribution in [3.05, 3.63) is 52.5 Å². The van der Waals surface area contributed by atoms with E-state index in [1.807, 2.05) is 49.4 Å². The Balaban J connectivity index is 2.04. The van der Waals surface area contributed by atoms with Crippen LogP contribution in [0.1, 0.15) is 25.8 Å². The number of hydrogen-bond donors (Lipinski definition) is 2. The van der Waals surface area contributed by atoms with E-state index in [9.17, 15) is 0 Å². The van der Waals surface area contributed by atoms with Crippen LogP contribution in [0.3, 0.4) is 0 Å². The fourth-order valence-corrected chi connectivity index (χ4v) is 2.53. The second-order valence-corrected chi connectivity index (χ2v) is 5.87. The number of hydrogen-bond acceptors (Lipinski definition) is 4. The third-order valence-corrected chi connectivity index (χ3v) is 3.90. The number of halogens is 1. The van der Waals surface area contributed by atoms with E-state index in [1.54, 1.807) is 0 Å². The van der Waals surface area contributed by atoms with Crippen LogP contribution in [0.5, 0.6) is 11.5 Å². The monoisotopic (exact) mass is 378 g/mol. The van der Waals surface area contributed by atoms with Gasteiger partial charge in [-0.05, 0) is 43.2 Å². The number of hydrazine groups is 1.